The summed E-state index contributed by atoms with van der Waals surface area (Å²) < 4.78 is 23.5. The summed E-state index contributed by atoms with van der Waals surface area (Å²) in [6, 6.07) is 2.57. The Labute approximate surface area is 113 Å². The summed E-state index contributed by atoms with van der Waals surface area (Å²) in [4.78, 5) is 10.4. The number of primary sulfonamides is 1. The molecule has 0 spiro atoms. The largest absolute Gasteiger partial charge is 0.295 e. The Morgan fingerprint density at radius 2 is 2.16 bits per heavy atom. The van der Waals surface area contributed by atoms with Crippen LogP contribution in [0.4, 0.5) is 5.69 Å². The van der Waals surface area contributed by atoms with Gasteiger partial charge in [0, 0.05) is 18.5 Å². The highest BCUT2D eigenvalue weighted by Gasteiger charge is 2.23. The average molecular weight is 305 g/mol. The summed E-state index contributed by atoms with van der Waals surface area (Å²) in [7, 11) is -2.34. The van der Waals surface area contributed by atoms with Gasteiger partial charge in [-0.15, -0.1) is 0 Å². The van der Waals surface area contributed by atoms with Crippen molar-refractivity contribution in [3.05, 3.63) is 33.0 Å². The van der Waals surface area contributed by atoms with Gasteiger partial charge in [0.05, 0.1) is 15.6 Å². The van der Waals surface area contributed by atoms with Crippen LogP contribution in [0.25, 0.3) is 10.9 Å². The molecule has 2 aromatic rings. The van der Waals surface area contributed by atoms with E-state index in [1.54, 1.807) is 0 Å². The lowest BCUT2D eigenvalue weighted by molar-refractivity contribution is -0.383. The van der Waals surface area contributed by atoms with Crippen molar-refractivity contribution in [2.75, 3.05) is 0 Å². The van der Waals surface area contributed by atoms with E-state index < -0.39 is 20.7 Å². The van der Waals surface area contributed by atoms with Gasteiger partial charge in [-0.2, -0.15) is 5.10 Å². The molecule has 0 saturated heterocycles. The predicted octanol–water partition coefficient (Wildman–Crippen LogP) is 0.923. The van der Waals surface area contributed by atoms with Crippen LogP contribution in [0.2, 0.25) is 5.02 Å². The third-order valence-corrected chi connectivity index (χ3v) is 3.51. The third-order valence-electron chi connectivity index (χ3n) is 2.52. The van der Waals surface area contributed by atoms with Gasteiger partial charge in [-0.1, -0.05) is 11.6 Å². The Bertz CT molecular complexity index is 783. The SMILES string of the molecule is Cn1nc(CS(N)(=O)=O)c2c(Cl)ccc([N+](=O)[O-])c21. The molecular weight excluding hydrogens is 296 g/mol. The van der Waals surface area contributed by atoms with Crippen LogP contribution in [0.3, 0.4) is 0 Å². The molecule has 0 fully saturated rings. The average Bonchev–Trinajstić information content (AvgIpc) is 2.54. The fourth-order valence-electron chi connectivity index (χ4n) is 1.88. The first-order valence-electron chi connectivity index (χ1n) is 4.99. The molecule has 1 aromatic heterocycles. The van der Waals surface area contributed by atoms with Gasteiger partial charge in [0.1, 0.15) is 11.3 Å². The molecule has 2 N–H and O–H groups in total. The van der Waals surface area contributed by atoms with E-state index in [1.165, 1.54) is 23.9 Å². The number of benzene rings is 1. The standard InChI is InChI=1S/C9H9ClN4O4S/c1-13-9-7(14(15)16)3-2-5(10)8(9)6(12-13)4-19(11,17)18/h2-3H,4H2,1H3,(H2,11,17,18). The summed E-state index contributed by atoms with van der Waals surface area (Å²) in [6.45, 7) is 0. The lowest BCUT2D eigenvalue weighted by Crippen LogP contribution is -2.15. The maximum atomic E-state index is 11.1. The molecule has 1 aromatic carbocycles. The van der Waals surface area contributed by atoms with Gasteiger partial charge in [0.25, 0.3) is 5.69 Å². The zero-order valence-electron chi connectivity index (χ0n) is 9.70. The van der Waals surface area contributed by atoms with Gasteiger partial charge in [-0.3, -0.25) is 14.8 Å². The number of nitro groups is 1. The summed E-state index contributed by atoms with van der Waals surface area (Å²) in [5.74, 6) is -0.536. The number of halogens is 1. The van der Waals surface area contributed by atoms with Crippen molar-refractivity contribution in [2.45, 2.75) is 5.75 Å². The molecule has 8 nitrogen and oxygen atoms in total. The molecule has 19 heavy (non-hydrogen) atoms. The molecule has 0 atom stereocenters. The molecule has 0 aliphatic rings. The number of aryl methyl sites for hydroxylation is 1. The minimum atomic E-state index is -3.81. The van der Waals surface area contributed by atoms with Gasteiger partial charge >= 0.3 is 0 Å². The number of nitro benzene ring substituents is 1. The van der Waals surface area contributed by atoms with Crippen molar-refractivity contribution in [3.63, 3.8) is 0 Å². The van der Waals surface area contributed by atoms with E-state index in [0.717, 1.165) is 0 Å². The van der Waals surface area contributed by atoms with E-state index in [9.17, 15) is 18.5 Å². The van der Waals surface area contributed by atoms with E-state index in [1.807, 2.05) is 0 Å². The maximum absolute atomic E-state index is 11.1. The molecule has 2 rings (SSSR count). The number of non-ortho nitro benzene ring substituents is 1. The summed E-state index contributed by atoms with van der Waals surface area (Å²) in [5, 5.41) is 20.3. The molecule has 0 unspecified atom stereocenters. The number of hydrogen-bond acceptors (Lipinski definition) is 5. The molecule has 0 aliphatic heterocycles. The molecule has 0 aliphatic carbocycles. The second kappa shape index (κ2) is 4.44. The first-order chi connectivity index (χ1) is 8.70. The van der Waals surface area contributed by atoms with Gasteiger partial charge in [-0.05, 0) is 6.07 Å². The van der Waals surface area contributed by atoms with Crippen molar-refractivity contribution < 1.29 is 13.3 Å². The van der Waals surface area contributed by atoms with Crippen molar-refractivity contribution in [2.24, 2.45) is 12.2 Å². The Balaban J connectivity index is 2.83. The van der Waals surface area contributed by atoms with Crippen LogP contribution in [0, 0.1) is 10.1 Å². The minimum Gasteiger partial charge on any atom is -0.261 e. The molecular formula is C9H9ClN4O4S. The number of rotatable bonds is 3. The van der Waals surface area contributed by atoms with Gasteiger partial charge < -0.3 is 0 Å². The predicted molar refractivity (Wildman–Crippen MR) is 69.2 cm³/mol. The van der Waals surface area contributed by atoms with E-state index in [4.69, 9.17) is 16.7 Å². The van der Waals surface area contributed by atoms with Gasteiger partial charge in [0.15, 0.2) is 0 Å². The third kappa shape index (κ3) is 2.53. The number of nitrogens with two attached hydrogens (primary N) is 1. The zero-order valence-corrected chi connectivity index (χ0v) is 11.3. The lowest BCUT2D eigenvalue weighted by Gasteiger charge is -1.99. The quantitative estimate of drug-likeness (QED) is 0.667. The van der Waals surface area contributed by atoms with Gasteiger partial charge in [0.2, 0.25) is 10.0 Å². The second-order valence-corrected chi connectivity index (χ2v) is 5.95. The second-order valence-electron chi connectivity index (χ2n) is 3.92. The summed E-state index contributed by atoms with van der Waals surface area (Å²) in [6.07, 6.45) is 0. The lowest BCUT2D eigenvalue weighted by atomic mass is 10.2. The summed E-state index contributed by atoms with van der Waals surface area (Å²) >= 11 is 5.97. The smallest absolute Gasteiger partial charge is 0.261 e. The monoisotopic (exact) mass is 304 g/mol. The molecule has 0 bridgehead atoms. The van der Waals surface area contributed by atoms with E-state index in [2.05, 4.69) is 5.10 Å². The number of nitrogens with zero attached hydrogens (tertiary/aromatic N) is 3. The molecule has 10 heteroatoms. The maximum Gasteiger partial charge on any atom is 0.295 e. The minimum absolute atomic E-state index is 0.0914. The Morgan fingerprint density at radius 1 is 1.53 bits per heavy atom. The number of hydrogen-bond donors (Lipinski definition) is 1. The van der Waals surface area contributed by atoms with Crippen molar-refractivity contribution in [1.82, 2.24) is 9.78 Å². The van der Waals surface area contributed by atoms with E-state index in [-0.39, 0.29) is 27.3 Å². The van der Waals surface area contributed by atoms with Crippen LogP contribution in [-0.2, 0) is 22.8 Å². The fraction of sp³-hybridized carbons (Fsp3) is 0.222. The van der Waals surface area contributed by atoms with Crippen LogP contribution < -0.4 is 5.14 Å². The van der Waals surface area contributed by atoms with E-state index >= 15 is 0 Å². The van der Waals surface area contributed by atoms with Gasteiger partial charge in [-0.25, -0.2) is 13.6 Å². The number of sulfonamides is 1. The zero-order chi connectivity index (χ0) is 14.4. The Kier molecular flexibility index (Phi) is 3.20. The molecule has 1 heterocycles. The van der Waals surface area contributed by atoms with Crippen molar-refractivity contribution in [3.8, 4) is 0 Å². The Hall–Kier alpha value is -1.71. The highest BCUT2D eigenvalue weighted by Crippen LogP contribution is 2.33. The normalized spacial score (nSPS) is 11.9. The van der Waals surface area contributed by atoms with E-state index in [0.29, 0.717) is 0 Å². The van der Waals surface area contributed by atoms with Crippen molar-refractivity contribution in [1.29, 1.82) is 0 Å². The fourth-order valence-corrected chi connectivity index (χ4v) is 2.72. The molecule has 102 valence electrons. The first-order valence-corrected chi connectivity index (χ1v) is 7.09. The molecule has 0 radical (unpaired) electrons. The highest BCUT2D eigenvalue weighted by atomic mass is 35.5. The number of aromatic nitrogens is 2. The van der Waals surface area contributed by atoms with Crippen molar-refractivity contribution >= 4 is 38.2 Å². The highest BCUT2D eigenvalue weighted by molar-refractivity contribution is 7.88. The summed E-state index contributed by atoms with van der Waals surface area (Å²) in [5.41, 5.74) is 0.0555. The van der Waals surface area contributed by atoms with Crippen LogP contribution in [0.5, 0.6) is 0 Å². The Morgan fingerprint density at radius 3 is 2.68 bits per heavy atom. The topological polar surface area (TPSA) is 121 Å². The molecule has 0 amide bonds. The van der Waals surface area contributed by atoms with Crippen LogP contribution in [0.1, 0.15) is 5.69 Å². The van der Waals surface area contributed by atoms with Crippen LogP contribution >= 0.6 is 11.6 Å². The number of fused-ring (bicyclic) bond motifs is 1. The molecule has 0 saturated carbocycles. The first kappa shape index (κ1) is 13.7. The van der Waals surface area contributed by atoms with Crippen LogP contribution in [0.15, 0.2) is 12.1 Å². The van der Waals surface area contributed by atoms with Crippen LogP contribution in [-0.4, -0.2) is 23.1 Å².